The first kappa shape index (κ1) is 16.1. The van der Waals surface area contributed by atoms with Crippen LogP contribution >= 0.6 is 11.8 Å². The van der Waals surface area contributed by atoms with Gasteiger partial charge in [-0.2, -0.15) is 11.8 Å². The maximum atomic E-state index is 11.1. The fourth-order valence-corrected chi connectivity index (χ4v) is 2.41. The number of rotatable bonds is 10. The molecule has 0 atom stereocenters. The van der Waals surface area contributed by atoms with E-state index >= 15 is 0 Å². The average molecular weight is 280 g/mol. The van der Waals surface area contributed by atoms with Crippen molar-refractivity contribution in [1.29, 1.82) is 0 Å². The van der Waals surface area contributed by atoms with Crippen LogP contribution in [0.2, 0.25) is 0 Å². The van der Waals surface area contributed by atoms with Gasteiger partial charge in [-0.25, -0.2) is 0 Å². The predicted molar refractivity (Wildman–Crippen MR) is 83.5 cm³/mol. The van der Waals surface area contributed by atoms with Crippen LogP contribution in [0.1, 0.15) is 41.6 Å². The van der Waals surface area contributed by atoms with Crippen LogP contribution in [0.15, 0.2) is 24.3 Å². The molecule has 1 aromatic rings. The summed E-state index contributed by atoms with van der Waals surface area (Å²) in [4.78, 5) is 11.1. The standard InChI is InChI=1S/C15H24N2OS/c1-19-10-5-3-2-4-9-17-12-13-7-6-8-14(11-13)15(16)18/h6-8,11,17H,2-5,9-10,12H2,1H3,(H2,16,18). The fraction of sp³-hybridized carbons (Fsp3) is 0.533. The van der Waals surface area contributed by atoms with Crippen molar-refractivity contribution in [2.75, 3.05) is 18.6 Å². The van der Waals surface area contributed by atoms with E-state index in [1.165, 1.54) is 31.4 Å². The molecule has 0 aliphatic heterocycles. The van der Waals surface area contributed by atoms with E-state index < -0.39 is 0 Å². The molecule has 1 amide bonds. The van der Waals surface area contributed by atoms with Gasteiger partial charge >= 0.3 is 0 Å². The van der Waals surface area contributed by atoms with E-state index in [1.807, 2.05) is 30.0 Å². The van der Waals surface area contributed by atoms with Crippen LogP contribution in [0.25, 0.3) is 0 Å². The molecule has 4 heteroatoms. The number of benzene rings is 1. The Morgan fingerprint density at radius 3 is 2.79 bits per heavy atom. The summed E-state index contributed by atoms with van der Waals surface area (Å²) in [5.74, 6) is 0.906. The maximum absolute atomic E-state index is 11.1. The van der Waals surface area contributed by atoms with Gasteiger partial charge in [0.1, 0.15) is 0 Å². The van der Waals surface area contributed by atoms with Gasteiger partial charge in [0, 0.05) is 12.1 Å². The van der Waals surface area contributed by atoms with Gasteiger partial charge in [0.15, 0.2) is 0 Å². The quantitative estimate of drug-likeness (QED) is 0.648. The molecular formula is C15H24N2OS. The molecule has 3 N–H and O–H groups in total. The molecule has 0 spiro atoms. The Morgan fingerprint density at radius 2 is 2.05 bits per heavy atom. The molecule has 0 saturated carbocycles. The summed E-state index contributed by atoms with van der Waals surface area (Å²) in [7, 11) is 0. The fourth-order valence-electron chi connectivity index (χ4n) is 1.92. The third-order valence-electron chi connectivity index (χ3n) is 2.99. The van der Waals surface area contributed by atoms with Crippen molar-refractivity contribution in [1.82, 2.24) is 5.32 Å². The van der Waals surface area contributed by atoms with Crippen LogP contribution in [0.4, 0.5) is 0 Å². The van der Waals surface area contributed by atoms with E-state index in [2.05, 4.69) is 11.6 Å². The zero-order valence-corrected chi connectivity index (χ0v) is 12.5. The molecule has 0 saturated heterocycles. The van der Waals surface area contributed by atoms with Crippen molar-refractivity contribution in [2.24, 2.45) is 5.73 Å². The number of nitrogens with two attached hydrogens (primary N) is 1. The molecule has 0 aliphatic carbocycles. The lowest BCUT2D eigenvalue weighted by Gasteiger charge is -2.06. The average Bonchev–Trinajstić information content (AvgIpc) is 2.42. The Hall–Kier alpha value is -1.00. The molecule has 0 unspecified atom stereocenters. The lowest BCUT2D eigenvalue weighted by atomic mass is 10.1. The van der Waals surface area contributed by atoms with E-state index in [-0.39, 0.29) is 5.91 Å². The van der Waals surface area contributed by atoms with E-state index in [1.54, 1.807) is 6.07 Å². The molecule has 0 fully saturated rings. The first-order valence-electron chi connectivity index (χ1n) is 6.82. The Bertz CT molecular complexity index is 382. The largest absolute Gasteiger partial charge is 0.366 e. The van der Waals surface area contributed by atoms with Crippen LogP contribution in [0, 0.1) is 0 Å². The minimum Gasteiger partial charge on any atom is -0.366 e. The summed E-state index contributed by atoms with van der Waals surface area (Å²) in [6.07, 6.45) is 7.29. The van der Waals surface area contributed by atoms with E-state index in [0.717, 1.165) is 18.7 Å². The Kier molecular flexibility index (Phi) is 8.34. The molecule has 0 bridgehead atoms. The summed E-state index contributed by atoms with van der Waals surface area (Å²) in [6.45, 7) is 1.83. The molecule has 1 rings (SSSR count). The number of hydrogen-bond acceptors (Lipinski definition) is 3. The Labute approximate surface area is 120 Å². The highest BCUT2D eigenvalue weighted by molar-refractivity contribution is 7.98. The van der Waals surface area contributed by atoms with Crippen LogP contribution < -0.4 is 11.1 Å². The number of carbonyl (C=O) groups is 1. The van der Waals surface area contributed by atoms with Gasteiger partial charge in [-0.3, -0.25) is 4.79 Å². The third-order valence-corrected chi connectivity index (χ3v) is 3.69. The first-order valence-corrected chi connectivity index (χ1v) is 8.22. The highest BCUT2D eigenvalue weighted by atomic mass is 32.2. The number of unbranched alkanes of at least 4 members (excludes halogenated alkanes) is 3. The number of nitrogens with one attached hydrogen (secondary N) is 1. The van der Waals surface area contributed by atoms with Crippen molar-refractivity contribution < 1.29 is 4.79 Å². The number of primary amides is 1. The van der Waals surface area contributed by atoms with E-state index in [9.17, 15) is 4.79 Å². The lowest BCUT2D eigenvalue weighted by Crippen LogP contribution is -2.16. The molecule has 0 aromatic heterocycles. The number of amides is 1. The second-order valence-corrected chi connectivity index (χ2v) is 5.63. The second-order valence-electron chi connectivity index (χ2n) is 4.65. The van der Waals surface area contributed by atoms with Crippen molar-refractivity contribution >= 4 is 17.7 Å². The minimum atomic E-state index is -0.365. The molecule has 106 valence electrons. The summed E-state index contributed by atoms with van der Waals surface area (Å²) in [6, 6.07) is 7.49. The topological polar surface area (TPSA) is 55.1 Å². The van der Waals surface area contributed by atoms with Crippen LogP contribution in [0.3, 0.4) is 0 Å². The molecule has 3 nitrogen and oxygen atoms in total. The van der Waals surface area contributed by atoms with Gasteiger partial charge in [0.2, 0.25) is 5.91 Å². The van der Waals surface area contributed by atoms with Gasteiger partial charge in [0.25, 0.3) is 0 Å². The SMILES string of the molecule is CSCCCCCCNCc1cccc(C(N)=O)c1. The maximum Gasteiger partial charge on any atom is 0.248 e. The van der Waals surface area contributed by atoms with Gasteiger partial charge in [-0.1, -0.05) is 25.0 Å². The molecule has 0 aliphatic rings. The van der Waals surface area contributed by atoms with Gasteiger partial charge in [-0.15, -0.1) is 0 Å². The minimum absolute atomic E-state index is 0.365. The number of carbonyl (C=O) groups excluding carboxylic acids is 1. The monoisotopic (exact) mass is 280 g/mol. The van der Waals surface area contributed by atoms with Crippen molar-refractivity contribution in [2.45, 2.75) is 32.2 Å². The molecule has 0 radical (unpaired) electrons. The van der Waals surface area contributed by atoms with E-state index in [0.29, 0.717) is 5.56 Å². The van der Waals surface area contributed by atoms with Gasteiger partial charge in [-0.05, 0) is 49.1 Å². The lowest BCUT2D eigenvalue weighted by molar-refractivity contribution is 0.1000. The summed E-state index contributed by atoms with van der Waals surface area (Å²) < 4.78 is 0. The predicted octanol–water partition coefficient (Wildman–Crippen LogP) is 2.80. The Morgan fingerprint density at radius 1 is 1.26 bits per heavy atom. The van der Waals surface area contributed by atoms with Gasteiger partial charge in [0.05, 0.1) is 0 Å². The van der Waals surface area contributed by atoms with Crippen molar-refractivity contribution in [3.63, 3.8) is 0 Å². The van der Waals surface area contributed by atoms with Crippen LogP contribution in [-0.4, -0.2) is 24.5 Å². The molecular weight excluding hydrogens is 256 g/mol. The smallest absolute Gasteiger partial charge is 0.248 e. The first-order chi connectivity index (χ1) is 9.24. The Balaban J connectivity index is 2.12. The molecule has 19 heavy (non-hydrogen) atoms. The normalized spacial score (nSPS) is 10.6. The van der Waals surface area contributed by atoms with Crippen LogP contribution in [-0.2, 0) is 6.54 Å². The third kappa shape index (κ3) is 7.23. The highest BCUT2D eigenvalue weighted by Gasteiger charge is 2.00. The number of hydrogen-bond donors (Lipinski definition) is 2. The highest BCUT2D eigenvalue weighted by Crippen LogP contribution is 2.06. The zero-order valence-electron chi connectivity index (χ0n) is 11.7. The molecule has 0 heterocycles. The van der Waals surface area contributed by atoms with E-state index in [4.69, 9.17) is 5.73 Å². The van der Waals surface area contributed by atoms with Crippen molar-refractivity contribution in [3.05, 3.63) is 35.4 Å². The molecule has 1 aromatic carbocycles. The summed E-state index contributed by atoms with van der Waals surface area (Å²) in [5, 5.41) is 3.40. The van der Waals surface area contributed by atoms with Crippen LogP contribution in [0.5, 0.6) is 0 Å². The summed E-state index contributed by atoms with van der Waals surface area (Å²) >= 11 is 1.92. The zero-order chi connectivity index (χ0) is 13.9. The van der Waals surface area contributed by atoms with Crippen molar-refractivity contribution in [3.8, 4) is 0 Å². The van der Waals surface area contributed by atoms with Gasteiger partial charge < -0.3 is 11.1 Å². The summed E-state index contributed by atoms with van der Waals surface area (Å²) in [5.41, 5.74) is 6.95. The second kappa shape index (κ2) is 9.87. The number of thioether (sulfide) groups is 1.